The predicted molar refractivity (Wildman–Crippen MR) is 225 cm³/mol. The fourth-order valence-electron chi connectivity index (χ4n) is 7.66. The van der Waals surface area contributed by atoms with Crippen molar-refractivity contribution in [3.05, 3.63) is 200 Å². The second-order valence-corrected chi connectivity index (χ2v) is 13.1. The molecule has 0 unspecified atom stereocenters. The largest absolute Gasteiger partial charge is 0.208 e. The van der Waals surface area contributed by atoms with Gasteiger partial charge in [-0.1, -0.05) is 194 Å². The van der Waals surface area contributed by atoms with E-state index in [9.17, 15) is 0 Å². The second kappa shape index (κ2) is 13.4. The van der Waals surface area contributed by atoms with Crippen molar-refractivity contribution in [1.29, 1.82) is 0 Å². The molecule has 1 heterocycles. The van der Waals surface area contributed by atoms with E-state index in [1.54, 1.807) is 0 Å². The monoisotopic (exact) mass is 692 g/mol. The van der Waals surface area contributed by atoms with E-state index < -0.39 is 6.04 Å². The van der Waals surface area contributed by atoms with Crippen LogP contribution in [0.3, 0.4) is 0 Å². The Hall–Kier alpha value is -7.23. The van der Waals surface area contributed by atoms with Crippen molar-refractivity contribution in [1.82, 2.24) is 15.0 Å². The molecule has 0 bridgehead atoms. The van der Waals surface area contributed by atoms with E-state index in [2.05, 4.69) is 48.5 Å². The van der Waals surface area contributed by atoms with E-state index in [0.717, 1.165) is 71.3 Å². The summed E-state index contributed by atoms with van der Waals surface area (Å²) in [5.41, 5.74) is 7.48. The number of nitrogens with zero attached hydrogens (tertiary/aromatic N) is 3. The third-order valence-corrected chi connectivity index (χ3v) is 10.0. The summed E-state index contributed by atoms with van der Waals surface area (Å²) in [6.45, 7) is 0. The van der Waals surface area contributed by atoms with Gasteiger partial charge in [-0.2, -0.15) is 0 Å². The maximum Gasteiger partial charge on any atom is 0.164 e. The molecule has 0 saturated heterocycles. The molecule has 9 aromatic carbocycles. The summed E-state index contributed by atoms with van der Waals surface area (Å²) < 4.78 is 43.2. The lowest BCUT2D eigenvalue weighted by Gasteiger charge is -2.19. The number of hydrogen-bond acceptors (Lipinski definition) is 3. The zero-order chi connectivity index (χ0) is 40.2. The Kier molecular flexibility index (Phi) is 6.58. The molecule has 252 valence electrons. The molecule has 0 amide bonds. The van der Waals surface area contributed by atoms with E-state index >= 15 is 0 Å². The molecule has 0 N–H and O–H groups in total. The number of benzene rings is 9. The summed E-state index contributed by atoms with van der Waals surface area (Å²) in [5, 5.41) is 5.33. The van der Waals surface area contributed by atoms with Crippen LogP contribution in [-0.4, -0.2) is 15.0 Å². The van der Waals surface area contributed by atoms with Gasteiger partial charge >= 0.3 is 0 Å². The molecule has 3 nitrogen and oxygen atoms in total. The van der Waals surface area contributed by atoms with Crippen molar-refractivity contribution in [2.24, 2.45) is 0 Å². The standard InChI is InChI=1S/C51H33N3/c1-4-18-34(19-5-1)37-24-10-17-31-45(37)50-52-49(36-22-8-3-9-23-36)53-51(54-50)46-33-32-44(38-25-11-12-26-39(38)46)48-42-29-15-13-27-40(42)47(35-20-6-2-7-21-35)41-28-14-16-30-43(41)48/h1-33H/i2D,6D,7D,20D,21D. The van der Waals surface area contributed by atoms with Gasteiger partial charge in [0.2, 0.25) is 0 Å². The molecule has 0 aliphatic heterocycles. The molecule has 0 saturated carbocycles. The normalized spacial score (nSPS) is 12.6. The highest BCUT2D eigenvalue weighted by Crippen LogP contribution is 2.46. The molecule has 54 heavy (non-hydrogen) atoms. The average molecular weight is 693 g/mol. The summed E-state index contributed by atoms with van der Waals surface area (Å²) >= 11 is 0. The molecule has 0 atom stereocenters. The van der Waals surface area contributed by atoms with Crippen LogP contribution in [0, 0.1) is 0 Å². The van der Waals surface area contributed by atoms with Crippen molar-refractivity contribution < 1.29 is 6.85 Å². The van der Waals surface area contributed by atoms with E-state index in [-0.39, 0.29) is 29.7 Å². The molecule has 0 spiro atoms. The first kappa shape index (κ1) is 26.5. The molecule has 0 aliphatic rings. The Balaban J connectivity index is 1.24. The topological polar surface area (TPSA) is 38.7 Å². The molecule has 1 aromatic heterocycles. The van der Waals surface area contributed by atoms with Crippen molar-refractivity contribution in [2.75, 3.05) is 0 Å². The lowest BCUT2D eigenvalue weighted by Crippen LogP contribution is -2.01. The van der Waals surface area contributed by atoms with Crippen molar-refractivity contribution in [2.45, 2.75) is 0 Å². The smallest absolute Gasteiger partial charge is 0.164 e. The quantitative estimate of drug-likeness (QED) is 0.163. The molecule has 0 radical (unpaired) electrons. The van der Waals surface area contributed by atoms with E-state index in [0.29, 0.717) is 23.0 Å². The van der Waals surface area contributed by atoms with Gasteiger partial charge in [0, 0.05) is 16.7 Å². The Morgan fingerprint density at radius 1 is 0.278 bits per heavy atom. The van der Waals surface area contributed by atoms with Gasteiger partial charge in [0.15, 0.2) is 17.5 Å². The second-order valence-electron chi connectivity index (χ2n) is 13.1. The summed E-state index contributed by atoms with van der Waals surface area (Å²) in [4.78, 5) is 15.4. The number of aromatic nitrogens is 3. The first-order chi connectivity index (χ1) is 28.9. The average Bonchev–Trinajstić information content (AvgIpc) is 3.30. The highest BCUT2D eigenvalue weighted by molar-refractivity contribution is 6.24. The van der Waals surface area contributed by atoms with Gasteiger partial charge in [0.05, 0.1) is 6.85 Å². The molecule has 0 aliphatic carbocycles. The zero-order valence-corrected chi connectivity index (χ0v) is 29.0. The van der Waals surface area contributed by atoms with Crippen LogP contribution in [0.2, 0.25) is 0 Å². The number of rotatable bonds is 6. The summed E-state index contributed by atoms with van der Waals surface area (Å²) in [6.07, 6.45) is 0. The third kappa shape index (κ3) is 5.42. The lowest BCUT2D eigenvalue weighted by atomic mass is 9.84. The predicted octanol–water partition coefficient (Wildman–Crippen LogP) is 13.3. The highest BCUT2D eigenvalue weighted by Gasteiger charge is 2.21. The van der Waals surface area contributed by atoms with Gasteiger partial charge < -0.3 is 0 Å². The molecule has 3 heteroatoms. The Labute approximate surface area is 321 Å². The van der Waals surface area contributed by atoms with Crippen molar-refractivity contribution in [3.63, 3.8) is 0 Å². The molecule has 10 rings (SSSR count). The zero-order valence-electron chi connectivity index (χ0n) is 34.0. The van der Waals surface area contributed by atoms with Gasteiger partial charge in [-0.05, 0) is 71.8 Å². The number of fused-ring (bicyclic) bond motifs is 3. The van der Waals surface area contributed by atoms with Crippen LogP contribution in [-0.2, 0) is 0 Å². The first-order valence-electron chi connectivity index (χ1n) is 20.4. The molecular weight excluding hydrogens is 655 g/mol. The minimum Gasteiger partial charge on any atom is -0.208 e. The van der Waals surface area contributed by atoms with Gasteiger partial charge in [0.1, 0.15) is 0 Å². The fraction of sp³-hybridized carbons (Fsp3) is 0. The molecule has 10 aromatic rings. The van der Waals surface area contributed by atoms with Crippen molar-refractivity contribution in [3.8, 4) is 67.5 Å². The van der Waals surface area contributed by atoms with Crippen LogP contribution in [0.15, 0.2) is 200 Å². The Morgan fingerprint density at radius 3 is 1.31 bits per heavy atom. The summed E-state index contributed by atoms with van der Waals surface area (Å²) in [7, 11) is 0. The molecule has 0 fully saturated rings. The SMILES string of the molecule is [2H]c1c([2H])c([2H])c(-c2c3ccccc3c(-c3ccc(-c4nc(-c5ccccc5)nc(-c5ccccc5-c5ccccc5)n4)c4ccccc34)c3ccccc23)c([2H])c1[2H]. The van der Waals surface area contributed by atoms with Crippen molar-refractivity contribution >= 4 is 32.3 Å². The van der Waals surface area contributed by atoms with E-state index in [1.165, 1.54) is 0 Å². The summed E-state index contributed by atoms with van der Waals surface area (Å²) in [5.74, 6) is 1.69. The van der Waals surface area contributed by atoms with Gasteiger partial charge in [-0.25, -0.2) is 15.0 Å². The molecular formula is C51H33N3. The minimum absolute atomic E-state index is 0.184. The van der Waals surface area contributed by atoms with Crippen LogP contribution in [0.4, 0.5) is 0 Å². The van der Waals surface area contributed by atoms with Crippen LogP contribution in [0.5, 0.6) is 0 Å². The van der Waals surface area contributed by atoms with Crippen LogP contribution in [0.1, 0.15) is 6.85 Å². The maximum atomic E-state index is 8.96. The lowest BCUT2D eigenvalue weighted by molar-refractivity contribution is 1.08. The third-order valence-electron chi connectivity index (χ3n) is 10.0. The van der Waals surface area contributed by atoms with Crippen LogP contribution in [0.25, 0.3) is 99.9 Å². The van der Waals surface area contributed by atoms with E-state index in [4.69, 9.17) is 21.8 Å². The Morgan fingerprint density at radius 2 is 0.704 bits per heavy atom. The number of hydrogen-bond donors (Lipinski definition) is 0. The van der Waals surface area contributed by atoms with Crippen LogP contribution >= 0.6 is 0 Å². The van der Waals surface area contributed by atoms with Gasteiger partial charge in [0.25, 0.3) is 0 Å². The fourth-order valence-corrected chi connectivity index (χ4v) is 7.66. The van der Waals surface area contributed by atoms with Gasteiger partial charge in [-0.15, -0.1) is 0 Å². The summed E-state index contributed by atoms with van der Waals surface area (Å²) in [6, 6.07) is 55.2. The van der Waals surface area contributed by atoms with Crippen LogP contribution < -0.4 is 0 Å². The Bertz CT molecular complexity index is 3190. The maximum absolute atomic E-state index is 8.96. The first-order valence-corrected chi connectivity index (χ1v) is 17.9. The minimum atomic E-state index is -0.415. The van der Waals surface area contributed by atoms with E-state index in [1.807, 2.05) is 121 Å². The van der Waals surface area contributed by atoms with Gasteiger partial charge in [-0.3, -0.25) is 0 Å². The highest BCUT2D eigenvalue weighted by atomic mass is 15.0.